The minimum Gasteiger partial charge on any atom is -0.355 e. The summed E-state index contributed by atoms with van der Waals surface area (Å²) in [5.74, 6) is 0.756. The Morgan fingerprint density at radius 3 is 2.45 bits per heavy atom. The zero-order chi connectivity index (χ0) is 28.6. The van der Waals surface area contributed by atoms with Crippen molar-refractivity contribution in [2.45, 2.75) is 39.5 Å². The summed E-state index contributed by atoms with van der Waals surface area (Å²) in [5.41, 5.74) is 1.35. The molecule has 40 heavy (non-hydrogen) atoms. The van der Waals surface area contributed by atoms with Crippen molar-refractivity contribution in [1.82, 2.24) is 19.7 Å². The average molecular weight is 569 g/mol. The van der Waals surface area contributed by atoms with Crippen LogP contribution in [0.25, 0.3) is 0 Å². The number of nitrogens with zero attached hydrogens (tertiary/aromatic N) is 5. The van der Waals surface area contributed by atoms with Crippen LogP contribution >= 0.6 is 11.6 Å². The fourth-order valence-electron chi connectivity index (χ4n) is 5.46. The lowest BCUT2D eigenvalue weighted by molar-refractivity contribution is -0.132. The normalized spacial score (nSPS) is 16.9. The number of nitrogens with one attached hydrogen (secondary N) is 1. The molecule has 1 N–H and O–H groups in total. The van der Waals surface area contributed by atoms with Gasteiger partial charge in [-0.2, -0.15) is 0 Å². The zero-order valence-corrected chi connectivity index (χ0v) is 24.6. The second-order valence-electron chi connectivity index (χ2n) is 10.7. The van der Waals surface area contributed by atoms with E-state index in [-0.39, 0.29) is 17.7 Å². The van der Waals surface area contributed by atoms with Gasteiger partial charge in [-0.3, -0.25) is 14.4 Å². The molecule has 2 aliphatic rings. The molecule has 0 saturated carbocycles. The number of aromatic nitrogens is 1. The van der Waals surface area contributed by atoms with Gasteiger partial charge in [0.2, 0.25) is 5.91 Å². The maximum atomic E-state index is 13.1. The molecule has 216 valence electrons. The Bertz CT molecular complexity index is 1200. The largest absolute Gasteiger partial charge is 0.355 e. The average Bonchev–Trinajstić information content (AvgIpc) is 3.18. The zero-order valence-electron chi connectivity index (χ0n) is 23.9. The van der Waals surface area contributed by atoms with Gasteiger partial charge in [-0.05, 0) is 76.9 Å². The molecule has 1 aromatic heterocycles. The summed E-state index contributed by atoms with van der Waals surface area (Å²) < 4.78 is 0. The van der Waals surface area contributed by atoms with Crippen LogP contribution in [0, 0.1) is 5.92 Å². The van der Waals surface area contributed by atoms with E-state index in [0.717, 1.165) is 58.5 Å². The lowest BCUT2D eigenvalue weighted by Crippen LogP contribution is -2.39. The number of carbonyl (C=O) groups is 3. The molecule has 0 bridgehead atoms. The second kappa shape index (κ2) is 13.9. The van der Waals surface area contributed by atoms with Crippen LogP contribution in [0.15, 0.2) is 36.5 Å². The standard InChI is InChI=1S/C30H41ClN6O3/c1-4-35(5-2)30(40)24-20-26(33-29(39)23-8-6-9-25(31)19-23)28(32-21-24)37-14-10-22(11-15-37)18-27(38)36-13-7-12-34(3)16-17-36/h6,8-9,19-22H,4-5,7,10-18H2,1-3H3,(H,33,39). The van der Waals surface area contributed by atoms with Crippen LogP contribution < -0.4 is 10.2 Å². The third-order valence-corrected chi connectivity index (χ3v) is 8.18. The topological polar surface area (TPSA) is 89.1 Å². The summed E-state index contributed by atoms with van der Waals surface area (Å²) in [4.78, 5) is 52.1. The summed E-state index contributed by atoms with van der Waals surface area (Å²) in [5, 5.41) is 3.45. The van der Waals surface area contributed by atoms with Gasteiger partial charge in [0.25, 0.3) is 11.8 Å². The van der Waals surface area contributed by atoms with E-state index in [2.05, 4.69) is 27.1 Å². The van der Waals surface area contributed by atoms with Crippen molar-refractivity contribution in [3.05, 3.63) is 52.7 Å². The van der Waals surface area contributed by atoms with Gasteiger partial charge in [0.1, 0.15) is 0 Å². The molecule has 0 unspecified atom stereocenters. The third kappa shape index (κ3) is 7.52. The Kier molecular flexibility index (Phi) is 10.4. The smallest absolute Gasteiger partial charge is 0.255 e. The lowest BCUT2D eigenvalue weighted by Gasteiger charge is -2.34. The molecular weight excluding hydrogens is 528 g/mol. The molecule has 2 aromatic rings. The molecule has 10 heteroatoms. The quantitative estimate of drug-likeness (QED) is 0.512. The summed E-state index contributed by atoms with van der Waals surface area (Å²) in [6.07, 6.45) is 4.91. The van der Waals surface area contributed by atoms with Gasteiger partial charge in [-0.25, -0.2) is 4.98 Å². The molecule has 2 aliphatic heterocycles. The Balaban J connectivity index is 1.47. The van der Waals surface area contributed by atoms with E-state index in [4.69, 9.17) is 11.6 Å². The number of piperidine rings is 1. The number of hydrogen-bond acceptors (Lipinski definition) is 6. The number of rotatable bonds is 8. The van der Waals surface area contributed by atoms with E-state index in [1.54, 1.807) is 41.4 Å². The fraction of sp³-hybridized carbons (Fsp3) is 0.533. The molecule has 0 aliphatic carbocycles. The van der Waals surface area contributed by atoms with Crippen LogP contribution in [0.3, 0.4) is 0 Å². The van der Waals surface area contributed by atoms with Crippen LogP contribution in [0.4, 0.5) is 11.5 Å². The number of amides is 3. The number of anilines is 2. The van der Waals surface area contributed by atoms with Gasteiger partial charge in [-0.15, -0.1) is 0 Å². The van der Waals surface area contributed by atoms with Crippen LogP contribution in [-0.2, 0) is 4.79 Å². The lowest BCUT2D eigenvalue weighted by atomic mass is 9.92. The highest BCUT2D eigenvalue weighted by Gasteiger charge is 2.27. The summed E-state index contributed by atoms with van der Waals surface area (Å²) in [6.45, 7) is 10.1. The van der Waals surface area contributed by atoms with Crippen molar-refractivity contribution in [2.24, 2.45) is 5.92 Å². The third-order valence-electron chi connectivity index (χ3n) is 7.95. The summed E-state index contributed by atoms with van der Waals surface area (Å²) in [7, 11) is 2.11. The molecule has 0 atom stereocenters. The van der Waals surface area contributed by atoms with Crippen molar-refractivity contribution in [2.75, 3.05) is 69.6 Å². The van der Waals surface area contributed by atoms with Crippen molar-refractivity contribution in [3.63, 3.8) is 0 Å². The summed E-state index contributed by atoms with van der Waals surface area (Å²) >= 11 is 6.11. The second-order valence-corrected chi connectivity index (χ2v) is 11.1. The number of halogens is 1. The molecule has 0 radical (unpaired) electrons. The maximum absolute atomic E-state index is 13.1. The number of pyridine rings is 1. The molecule has 9 nitrogen and oxygen atoms in total. The van der Waals surface area contributed by atoms with E-state index < -0.39 is 0 Å². The van der Waals surface area contributed by atoms with Gasteiger partial charge in [0.05, 0.1) is 11.3 Å². The minimum atomic E-state index is -0.318. The van der Waals surface area contributed by atoms with Gasteiger partial charge in [0.15, 0.2) is 5.82 Å². The minimum absolute atomic E-state index is 0.126. The van der Waals surface area contributed by atoms with Crippen LogP contribution in [-0.4, -0.2) is 96.8 Å². The van der Waals surface area contributed by atoms with Crippen LogP contribution in [0.1, 0.15) is 60.2 Å². The van der Waals surface area contributed by atoms with Crippen molar-refractivity contribution in [3.8, 4) is 0 Å². The Morgan fingerprint density at radius 2 is 1.75 bits per heavy atom. The van der Waals surface area contributed by atoms with E-state index in [9.17, 15) is 14.4 Å². The fourth-order valence-corrected chi connectivity index (χ4v) is 5.65. The van der Waals surface area contributed by atoms with Crippen LogP contribution in [0.5, 0.6) is 0 Å². The Hall–Kier alpha value is -3.17. The molecule has 3 amide bonds. The Labute approximate surface area is 242 Å². The van der Waals surface area contributed by atoms with E-state index >= 15 is 0 Å². The molecule has 2 saturated heterocycles. The van der Waals surface area contributed by atoms with Crippen molar-refractivity contribution >= 4 is 40.8 Å². The highest BCUT2D eigenvalue weighted by Crippen LogP contribution is 2.31. The number of carbonyl (C=O) groups excluding carboxylic acids is 3. The van der Waals surface area contributed by atoms with Crippen molar-refractivity contribution < 1.29 is 14.4 Å². The molecule has 0 spiro atoms. The van der Waals surface area contributed by atoms with Gasteiger partial charge in [0, 0.05) is 69.0 Å². The number of benzene rings is 1. The van der Waals surface area contributed by atoms with E-state index in [1.165, 1.54) is 0 Å². The number of likely N-dealkylation sites (N-methyl/N-ethyl adjacent to an activating group) is 1. The SMILES string of the molecule is CCN(CC)C(=O)c1cnc(N2CCC(CC(=O)N3CCCN(C)CC3)CC2)c(NC(=O)c2cccc(Cl)c2)c1. The highest BCUT2D eigenvalue weighted by molar-refractivity contribution is 6.31. The maximum Gasteiger partial charge on any atom is 0.255 e. The van der Waals surface area contributed by atoms with Gasteiger partial charge in [-0.1, -0.05) is 17.7 Å². The molecule has 4 rings (SSSR count). The first-order valence-corrected chi connectivity index (χ1v) is 14.7. The molecule has 1 aromatic carbocycles. The Morgan fingerprint density at radius 1 is 1.00 bits per heavy atom. The monoisotopic (exact) mass is 568 g/mol. The highest BCUT2D eigenvalue weighted by atomic mass is 35.5. The van der Waals surface area contributed by atoms with Crippen molar-refractivity contribution in [1.29, 1.82) is 0 Å². The number of hydrogen-bond donors (Lipinski definition) is 1. The predicted octanol–water partition coefficient (Wildman–Crippen LogP) is 4.24. The molecule has 3 heterocycles. The van der Waals surface area contributed by atoms with Gasteiger partial charge >= 0.3 is 0 Å². The first-order valence-electron chi connectivity index (χ1n) is 14.4. The van der Waals surface area contributed by atoms with Gasteiger partial charge < -0.3 is 24.9 Å². The molecule has 2 fully saturated rings. The first-order chi connectivity index (χ1) is 19.3. The molecular formula is C30H41ClN6O3. The van der Waals surface area contributed by atoms with E-state index in [0.29, 0.717) is 53.1 Å². The van der Waals surface area contributed by atoms with E-state index in [1.807, 2.05) is 18.7 Å². The first kappa shape index (κ1) is 29.8. The van der Waals surface area contributed by atoms with Crippen LogP contribution in [0.2, 0.25) is 5.02 Å². The predicted molar refractivity (Wildman–Crippen MR) is 159 cm³/mol. The summed E-state index contributed by atoms with van der Waals surface area (Å²) in [6, 6.07) is 8.47.